The second-order valence-corrected chi connectivity index (χ2v) is 10.0. The second-order valence-electron chi connectivity index (χ2n) is 8.45. The van der Waals surface area contributed by atoms with Gasteiger partial charge >= 0.3 is 0 Å². The van der Waals surface area contributed by atoms with Gasteiger partial charge in [-0.3, -0.25) is 9.59 Å². The summed E-state index contributed by atoms with van der Waals surface area (Å²) in [5.41, 5.74) is 1.62. The Bertz CT molecular complexity index is 1250. The van der Waals surface area contributed by atoms with Crippen molar-refractivity contribution in [1.82, 2.24) is 10.6 Å². The van der Waals surface area contributed by atoms with Crippen LogP contribution in [0.5, 0.6) is 0 Å². The van der Waals surface area contributed by atoms with E-state index >= 15 is 0 Å². The monoisotopic (exact) mass is 467 g/mol. The fourth-order valence-electron chi connectivity index (χ4n) is 3.71. The van der Waals surface area contributed by atoms with Crippen LogP contribution in [0.4, 0.5) is 0 Å². The van der Waals surface area contributed by atoms with Gasteiger partial charge in [0.2, 0.25) is 21.8 Å². The Balaban J connectivity index is 1.67. The molecule has 0 spiro atoms. The maximum absolute atomic E-state index is 13.0. The summed E-state index contributed by atoms with van der Waals surface area (Å²) >= 11 is 0. The molecule has 0 saturated heterocycles. The Morgan fingerprint density at radius 2 is 1.52 bits per heavy atom. The molecule has 0 saturated carbocycles. The minimum absolute atomic E-state index is 0.00512. The largest absolute Gasteiger partial charge is 0.348 e. The molecule has 0 aliphatic carbocycles. The highest BCUT2D eigenvalue weighted by Gasteiger charge is 2.26. The molecule has 8 heteroatoms. The lowest BCUT2D eigenvalue weighted by molar-refractivity contribution is -0.130. The van der Waals surface area contributed by atoms with E-state index in [1.807, 2.05) is 56.3 Å². The molecule has 0 aromatic heterocycles. The smallest absolute Gasteiger partial charge is 0.243 e. The Morgan fingerprint density at radius 3 is 2.15 bits per heavy atom. The molecule has 174 valence electrons. The van der Waals surface area contributed by atoms with Gasteiger partial charge in [-0.05, 0) is 46.9 Å². The molecule has 0 unspecified atom stereocenters. The highest BCUT2D eigenvalue weighted by Crippen LogP contribution is 2.19. The molecule has 3 rings (SSSR count). The van der Waals surface area contributed by atoms with Gasteiger partial charge in [0.15, 0.2) is 0 Å². The molecule has 0 aliphatic heterocycles. The molecule has 0 aliphatic rings. The first-order chi connectivity index (χ1) is 15.6. The van der Waals surface area contributed by atoms with E-state index in [0.717, 1.165) is 21.9 Å². The third-order valence-corrected chi connectivity index (χ3v) is 6.49. The second kappa shape index (κ2) is 10.1. The fourth-order valence-corrected chi connectivity index (χ4v) is 4.23. The van der Waals surface area contributed by atoms with Crippen LogP contribution < -0.4 is 15.8 Å². The maximum atomic E-state index is 13.0. The van der Waals surface area contributed by atoms with Crippen molar-refractivity contribution in [3.05, 3.63) is 77.9 Å². The van der Waals surface area contributed by atoms with Crippen molar-refractivity contribution < 1.29 is 18.0 Å². The molecule has 2 amide bonds. The van der Waals surface area contributed by atoms with E-state index in [9.17, 15) is 18.0 Å². The SMILES string of the molecule is CC(C)[C@@H](NC(=O)Cc1cccc2ccccc12)C(=O)N[C@H](C)c1ccc(S(N)(=O)=O)cc1. The highest BCUT2D eigenvalue weighted by molar-refractivity contribution is 7.89. The molecular formula is C25H29N3O4S. The predicted molar refractivity (Wildman–Crippen MR) is 129 cm³/mol. The van der Waals surface area contributed by atoms with E-state index in [-0.39, 0.29) is 35.1 Å². The third kappa shape index (κ3) is 6.18. The average molecular weight is 468 g/mol. The Morgan fingerprint density at radius 1 is 0.879 bits per heavy atom. The maximum Gasteiger partial charge on any atom is 0.243 e. The number of carbonyl (C=O) groups is 2. The summed E-state index contributed by atoms with van der Waals surface area (Å²) in [4.78, 5) is 25.8. The summed E-state index contributed by atoms with van der Waals surface area (Å²) in [6.45, 7) is 5.53. The lowest BCUT2D eigenvalue weighted by Gasteiger charge is -2.24. The molecule has 0 radical (unpaired) electrons. The summed E-state index contributed by atoms with van der Waals surface area (Å²) in [7, 11) is -3.78. The molecule has 2 atom stereocenters. The molecule has 0 fully saturated rings. The Kier molecular flexibility index (Phi) is 7.50. The number of fused-ring (bicyclic) bond motifs is 1. The van der Waals surface area contributed by atoms with Gasteiger partial charge in [-0.1, -0.05) is 68.4 Å². The van der Waals surface area contributed by atoms with Crippen LogP contribution in [-0.2, 0) is 26.0 Å². The van der Waals surface area contributed by atoms with E-state index in [1.54, 1.807) is 19.1 Å². The van der Waals surface area contributed by atoms with Gasteiger partial charge in [0.05, 0.1) is 17.4 Å². The van der Waals surface area contributed by atoms with Gasteiger partial charge in [-0.25, -0.2) is 13.6 Å². The number of hydrogen-bond donors (Lipinski definition) is 3. The lowest BCUT2D eigenvalue weighted by atomic mass is 9.99. The third-order valence-electron chi connectivity index (χ3n) is 5.56. The van der Waals surface area contributed by atoms with Crippen molar-refractivity contribution in [3.63, 3.8) is 0 Å². The zero-order chi connectivity index (χ0) is 24.2. The molecule has 4 N–H and O–H groups in total. The Labute approximate surface area is 194 Å². The van der Waals surface area contributed by atoms with Gasteiger partial charge in [-0.2, -0.15) is 0 Å². The van der Waals surface area contributed by atoms with Crippen molar-refractivity contribution in [1.29, 1.82) is 0 Å². The van der Waals surface area contributed by atoms with Crippen molar-refractivity contribution in [3.8, 4) is 0 Å². The van der Waals surface area contributed by atoms with Crippen LogP contribution in [0.15, 0.2) is 71.6 Å². The summed E-state index contributed by atoms with van der Waals surface area (Å²) in [5.74, 6) is -0.664. The van der Waals surface area contributed by atoms with Crippen molar-refractivity contribution in [2.45, 2.75) is 44.2 Å². The zero-order valence-electron chi connectivity index (χ0n) is 18.9. The quantitative estimate of drug-likeness (QED) is 0.472. The molecule has 7 nitrogen and oxygen atoms in total. The van der Waals surface area contributed by atoms with E-state index in [2.05, 4.69) is 10.6 Å². The van der Waals surface area contributed by atoms with Gasteiger partial charge in [-0.15, -0.1) is 0 Å². The minimum atomic E-state index is -3.78. The van der Waals surface area contributed by atoms with Crippen LogP contribution >= 0.6 is 0 Å². The first-order valence-electron chi connectivity index (χ1n) is 10.8. The number of rotatable bonds is 8. The average Bonchev–Trinajstić information content (AvgIpc) is 2.77. The summed E-state index contributed by atoms with van der Waals surface area (Å²) in [6.07, 6.45) is 0.169. The number of benzene rings is 3. The standard InChI is InChI=1S/C25H29N3O4S/c1-16(2)24(25(30)27-17(3)18-11-13-21(14-12-18)33(26,31)32)28-23(29)15-20-9-6-8-19-7-4-5-10-22(19)20/h4-14,16-17,24H,15H2,1-3H3,(H,27,30)(H,28,29)(H2,26,31,32)/t17-,24-/m1/s1. The molecule has 3 aromatic rings. The minimum Gasteiger partial charge on any atom is -0.348 e. The number of amides is 2. The van der Waals surface area contributed by atoms with Crippen molar-refractivity contribution >= 4 is 32.6 Å². The molecular weight excluding hydrogens is 438 g/mol. The van der Waals surface area contributed by atoms with Crippen molar-refractivity contribution in [2.24, 2.45) is 11.1 Å². The number of nitrogens with two attached hydrogens (primary N) is 1. The molecule has 0 heterocycles. The van der Waals surface area contributed by atoms with E-state index in [0.29, 0.717) is 0 Å². The fraction of sp³-hybridized carbons (Fsp3) is 0.280. The van der Waals surface area contributed by atoms with Crippen molar-refractivity contribution in [2.75, 3.05) is 0 Å². The van der Waals surface area contributed by atoms with Crippen LogP contribution in [0.1, 0.15) is 37.9 Å². The highest BCUT2D eigenvalue weighted by atomic mass is 32.2. The topological polar surface area (TPSA) is 118 Å². The molecule has 0 bridgehead atoms. The van der Waals surface area contributed by atoms with Crippen LogP contribution in [-0.4, -0.2) is 26.3 Å². The summed E-state index contributed by atoms with van der Waals surface area (Å²) in [6, 6.07) is 18.6. The number of primary sulfonamides is 1. The number of nitrogens with one attached hydrogen (secondary N) is 2. The van der Waals surface area contributed by atoms with Crippen LogP contribution in [0.25, 0.3) is 10.8 Å². The van der Waals surface area contributed by atoms with Crippen LogP contribution in [0.2, 0.25) is 0 Å². The zero-order valence-corrected chi connectivity index (χ0v) is 19.7. The van der Waals surface area contributed by atoms with E-state index < -0.39 is 16.1 Å². The Hall–Kier alpha value is -3.23. The molecule has 3 aromatic carbocycles. The normalized spacial score (nSPS) is 13.5. The summed E-state index contributed by atoms with van der Waals surface area (Å²) < 4.78 is 22.9. The predicted octanol–water partition coefficient (Wildman–Crippen LogP) is 3.05. The number of hydrogen-bond acceptors (Lipinski definition) is 4. The van der Waals surface area contributed by atoms with Gasteiger partial charge in [0.25, 0.3) is 0 Å². The molecule has 33 heavy (non-hydrogen) atoms. The van der Waals surface area contributed by atoms with Crippen LogP contribution in [0, 0.1) is 5.92 Å². The number of sulfonamides is 1. The number of carbonyl (C=O) groups excluding carboxylic acids is 2. The van der Waals surface area contributed by atoms with Gasteiger partial charge < -0.3 is 10.6 Å². The lowest BCUT2D eigenvalue weighted by Crippen LogP contribution is -2.50. The van der Waals surface area contributed by atoms with Gasteiger partial charge in [0.1, 0.15) is 6.04 Å². The van der Waals surface area contributed by atoms with E-state index in [4.69, 9.17) is 5.14 Å². The first kappa shape index (κ1) is 24.4. The summed E-state index contributed by atoms with van der Waals surface area (Å²) in [5, 5.41) is 13.0. The van der Waals surface area contributed by atoms with E-state index in [1.165, 1.54) is 12.1 Å². The van der Waals surface area contributed by atoms with Gasteiger partial charge in [0, 0.05) is 0 Å². The van der Waals surface area contributed by atoms with Crippen LogP contribution in [0.3, 0.4) is 0 Å². The first-order valence-corrected chi connectivity index (χ1v) is 12.3.